The van der Waals surface area contributed by atoms with Gasteiger partial charge in [0.1, 0.15) is 12.7 Å². The molecule has 1 fully saturated rings. The lowest BCUT2D eigenvalue weighted by Gasteiger charge is -2.16. The zero-order valence-corrected chi connectivity index (χ0v) is 19.1. The van der Waals surface area contributed by atoms with E-state index in [4.69, 9.17) is 14.2 Å². The summed E-state index contributed by atoms with van der Waals surface area (Å²) in [6, 6.07) is 0. The Kier molecular flexibility index (Phi) is 14.7. The van der Waals surface area contributed by atoms with Crippen molar-refractivity contribution in [2.45, 2.75) is 84.0 Å². The minimum absolute atomic E-state index is 0.157. The van der Waals surface area contributed by atoms with E-state index in [2.05, 4.69) is 67.7 Å². The lowest BCUT2D eigenvalue weighted by atomic mass is 10.2. The van der Waals surface area contributed by atoms with Crippen molar-refractivity contribution in [3.05, 3.63) is 60.8 Å². The Morgan fingerprint density at radius 3 is 1.93 bits per heavy atom. The highest BCUT2D eigenvalue weighted by molar-refractivity contribution is 5.69. The molecule has 1 saturated heterocycles. The van der Waals surface area contributed by atoms with E-state index in [0.717, 1.165) is 44.9 Å². The van der Waals surface area contributed by atoms with E-state index < -0.39 is 5.79 Å². The molecule has 0 aromatic carbocycles. The van der Waals surface area contributed by atoms with Crippen molar-refractivity contribution in [3.63, 3.8) is 0 Å². The molecule has 4 nitrogen and oxygen atoms in total. The molecule has 1 heterocycles. The predicted octanol–water partition coefficient (Wildman–Crippen LogP) is 6.60. The molecule has 0 aromatic heterocycles. The van der Waals surface area contributed by atoms with Gasteiger partial charge in [-0.05, 0) is 58.8 Å². The van der Waals surface area contributed by atoms with E-state index in [1.165, 1.54) is 0 Å². The van der Waals surface area contributed by atoms with Gasteiger partial charge in [-0.2, -0.15) is 0 Å². The summed E-state index contributed by atoms with van der Waals surface area (Å²) >= 11 is 0. The van der Waals surface area contributed by atoms with Crippen LogP contribution in [0.5, 0.6) is 0 Å². The minimum Gasteiger partial charge on any atom is -0.463 e. The van der Waals surface area contributed by atoms with Gasteiger partial charge in [-0.15, -0.1) is 0 Å². The Morgan fingerprint density at radius 1 is 0.900 bits per heavy atom. The van der Waals surface area contributed by atoms with Crippen LogP contribution in [0.3, 0.4) is 0 Å². The molecule has 0 aromatic rings. The molecule has 0 spiro atoms. The predicted molar refractivity (Wildman–Crippen MR) is 124 cm³/mol. The topological polar surface area (TPSA) is 44.8 Å². The quantitative estimate of drug-likeness (QED) is 0.171. The summed E-state index contributed by atoms with van der Waals surface area (Å²) in [5.74, 6) is -0.745. The van der Waals surface area contributed by atoms with E-state index in [0.29, 0.717) is 13.0 Å². The highest BCUT2D eigenvalue weighted by atomic mass is 16.7. The molecule has 0 amide bonds. The van der Waals surface area contributed by atoms with Crippen molar-refractivity contribution < 1.29 is 19.0 Å². The van der Waals surface area contributed by atoms with Gasteiger partial charge in [-0.3, -0.25) is 4.79 Å². The monoisotopic (exact) mass is 416 g/mol. The maximum absolute atomic E-state index is 11.8. The zero-order valence-electron chi connectivity index (χ0n) is 19.1. The van der Waals surface area contributed by atoms with E-state index in [1.807, 2.05) is 13.8 Å². The first kappa shape index (κ1) is 26.1. The van der Waals surface area contributed by atoms with Crippen LogP contribution < -0.4 is 0 Å². The Bertz CT molecular complexity index is 596. The van der Waals surface area contributed by atoms with Crippen LogP contribution in [0.15, 0.2) is 60.8 Å². The SMILES string of the molecule is CCC=CCC=CCC=CCC=CCC=CCCCC(=O)OCC1COC(C)(C)O1. The highest BCUT2D eigenvalue weighted by Crippen LogP contribution is 2.22. The average Bonchev–Trinajstić information content (AvgIpc) is 3.07. The molecular weight excluding hydrogens is 376 g/mol. The second-order valence-electron chi connectivity index (χ2n) is 7.73. The largest absolute Gasteiger partial charge is 0.463 e. The van der Waals surface area contributed by atoms with Gasteiger partial charge < -0.3 is 14.2 Å². The van der Waals surface area contributed by atoms with Gasteiger partial charge in [0, 0.05) is 6.42 Å². The van der Waals surface area contributed by atoms with Gasteiger partial charge in [-0.1, -0.05) is 67.7 Å². The van der Waals surface area contributed by atoms with Crippen LogP contribution in [-0.2, 0) is 19.0 Å². The van der Waals surface area contributed by atoms with Crippen LogP contribution in [0.1, 0.15) is 72.1 Å². The summed E-state index contributed by atoms with van der Waals surface area (Å²) in [5, 5.41) is 0. The summed E-state index contributed by atoms with van der Waals surface area (Å²) in [7, 11) is 0. The van der Waals surface area contributed by atoms with Crippen molar-refractivity contribution in [3.8, 4) is 0 Å². The minimum atomic E-state index is -0.574. The van der Waals surface area contributed by atoms with Crippen molar-refractivity contribution >= 4 is 5.97 Å². The Balaban J connectivity index is 1.94. The second-order valence-corrected chi connectivity index (χ2v) is 7.73. The summed E-state index contributed by atoms with van der Waals surface area (Å²) in [5.41, 5.74) is 0. The molecular formula is C26H40O4. The second kappa shape index (κ2) is 16.8. The van der Waals surface area contributed by atoms with E-state index >= 15 is 0 Å². The lowest BCUT2D eigenvalue weighted by molar-refractivity contribution is -0.158. The maximum Gasteiger partial charge on any atom is 0.305 e. The molecule has 1 unspecified atom stereocenters. The van der Waals surface area contributed by atoms with Crippen LogP contribution in [0.4, 0.5) is 0 Å². The van der Waals surface area contributed by atoms with Crippen LogP contribution in [0.2, 0.25) is 0 Å². The molecule has 0 N–H and O–H groups in total. The van der Waals surface area contributed by atoms with Gasteiger partial charge in [0.2, 0.25) is 0 Å². The molecule has 0 bridgehead atoms. The number of hydrogen-bond acceptors (Lipinski definition) is 4. The van der Waals surface area contributed by atoms with Crippen LogP contribution in [-0.4, -0.2) is 31.1 Å². The normalized spacial score (nSPS) is 19.4. The van der Waals surface area contributed by atoms with Gasteiger partial charge in [0.25, 0.3) is 0 Å². The molecule has 1 aliphatic heterocycles. The number of allylic oxidation sites excluding steroid dienone is 10. The molecule has 30 heavy (non-hydrogen) atoms. The molecule has 1 rings (SSSR count). The molecule has 168 valence electrons. The van der Waals surface area contributed by atoms with Crippen LogP contribution >= 0.6 is 0 Å². The summed E-state index contributed by atoms with van der Waals surface area (Å²) < 4.78 is 16.3. The number of carbonyl (C=O) groups is 1. The molecule has 0 radical (unpaired) electrons. The Hall–Kier alpha value is -1.91. The number of hydrogen-bond donors (Lipinski definition) is 0. The van der Waals surface area contributed by atoms with Gasteiger partial charge in [0.15, 0.2) is 5.79 Å². The van der Waals surface area contributed by atoms with Gasteiger partial charge >= 0.3 is 5.97 Å². The van der Waals surface area contributed by atoms with Crippen molar-refractivity contribution in [1.82, 2.24) is 0 Å². The summed E-state index contributed by atoms with van der Waals surface area (Å²) in [4.78, 5) is 11.8. The number of carbonyl (C=O) groups excluding carboxylic acids is 1. The third kappa shape index (κ3) is 15.0. The van der Waals surface area contributed by atoms with Crippen molar-refractivity contribution in [2.75, 3.05) is 13.2 Å². The third-order valence-corrected chi connectivity index (χ3v) is 4.41. The third-order valence-electron chi connectivity index (χ3n) is 4.41. The number of rotatable bonds is 15. The molecule has 1 aliphatic rings. The fraction of sp³-hybridized carbons (Fsp3) is 0.577. The molecule has 0 saturated carbocycles. The average molecular weight is 417 g/mol. The fourth-order valence-electron chi connectivity index (χ4n) is 2.84. The first-order valence-electron chi connectivity index (χ1n) is 11.3. The standard InChI is InChI=1S/C26H40O4/c1-4-5-6-7-8-9-10-11-12-13-14-15-16-17-18-19-20-21-25(27)28-22-24-23-29-26(2,3)30-24/h5-6,8-9,11-12,14-15,17-18,24H,4,7,10,13,16,19-23H2,1-3H3. The van der Waals surface area contributed by atoms with Gasteiger partial charge in [0.05, 0.1) is 6.61 Å². The van der Waals surface area contributed by atoms with E-state index in [-0.39, 0.29) is 18.7 Å². The molecule has 0 aliphatic carbocycles. The molecule has 1 atom stereocenters. The smallest absolute Gasteiger partial charge is 0.305 e. The Labute approximate surface area is 183 Å². The Morgan fingerprint density at radius 2 is 1.43 bits per heavy atom. The zero-order chi connectivity index (χ0) is 21.9. The first-order valence-corrected chi connectivity index (χ1v) is 11.3. The first-order chi connectivity index (χ1) is 14.5. The molecule has 4 heteroatoms. The van der Waals surface area contributed by atoms with Crippen LogP contribution in [0, 0.1) is 0 Å². The number of unbranched alkanes of at least 4 members (excludes halogenated alkanes) is 1. The summed E-state index contributed by atoms with van der Waals surface area (Å²) in [6.07, 6.45) is 28.8. The lowest BCUT2D eigenvalue weighted by Crippen LogP contribution is -2.25. The van der Waals surface area contributed by atoms with E-state index in [1.54, 1.807) is 0 Å². The van der Waals surface area contributed by atoms with Crippen molar-refractivity contribution in [2.24, 2.45) is 0 Å². The van der Waals surface area contributed by atoms with Gasteiger partial charge in [-0.25, -0.2) is 0 Å². The highest BCUT2D eigenvalue weighted by Gasteiger charge is 2.33. The maximum atomic E-state index is 11.8. The van der Waals surface area contributed by atoms with Crippen LogP contribution in [0.25, 0.3) is 0 Å². The number of esters is 1. The summed E-state index contributed by atoms with van der Waals surface area (Å²) in [6.45, 7) is 6.61. The van der Waals surface area contributed by atoms with Crippen molar-refractivity contribution in [1.29, 1.82) is 0 Å². The number of ether oxygens (including phenoxy) is 3. The van der Waals surface area contributed by atoms with E-state index in [9.17, 15) is 4.79 Å². The fourth-order valence-corrected chi connectivity index (χ4v) is 2.84.